The largest absolute Gasteiger partial charge is 0.329 e. The van der Waals surface area contributed by atoms with E-state index in [0.717, 1.165) is 17.4 Å². The summed E-state index contributed by atoms with van der Waals surface area (Å²) in [6.07, 6.45) is 6.29. The monoisotopic (exact) mass is 308 g/mol. The average molecular weight is 309 g/mol. The van der Waals surface area contributed by atoms with Crippen LogP contribution in [-0.4, -0.2) is 30.1 Å². The number of rotatable bonds is 5. The number of nitrogens with two attached hydrogens (primary N) is 1. The predicted molar refractivity (Wildman–Crippen MR) is 91.8 cm³/mol. The zero-order valence-corrected chi connectivity index (χ0v) is 14.2. The Kier molecular flexibility index (Phi) is 6.09. The van der Waals surface area contributed by atoms with Crippen molar-refractivity contribution < 1.29 is 0 Å². The summed E-state index contributed by atoms with van der Waals surface area (Å²) in [4.78, 5) is 2.62. The van der Waals surface area contributed by atoms with Crippen molar-refractivity contribution >= 4 is 11.6 Å². The summed E-state index contributed by atoms with van der Waals surface area (Å²) in [5.41, 5.74) is 7.54. The summed E-state index contributed by atoms with van der Waals surface area (Å²) in [6.45, 7) is 7.69. The summed E-state index contributed by atoms with van der Waals surface area (Å²) in [6, 6.07) is 8.21. The first-order valence-corrected chi connectivity index (χ1v) is 8.65. The van der Waals surface area contributed by atoms with Crippen LogP contribution in [0.1, 0.15) is 45.1 Å². The minimum atomic E-state index is 0.0520. The highest BCUT2D eigenvalue weighted by molar-refractivity contribution is 6.30. The normalized spacial score (nSPS) is 23.5. The molecule has 1 aromatic rings. The topological polar surface area (TPSA) is 29.3 Å². The van der Waals surface area contributed by atoms with Crippen molar-refractivity contribution in [2.75, 3.05) is 19.6 Å². The zero-order valence-electron chi connectivity index (χ0n) is 13.4. The molecule has 1 aromatic carbocycles. The highest BCUT2D eigenvalue weighted by Gasteiger charge is 2.32. The molecule has 2 rings (SSSR count). The summed E-state index contributed by atoms with van der Waals surface area (Å²) in [5, 5.41) is 0.800. The number of hydrogen-bond acceptors (Lipinski definition) is 2. The average Bonchev–Trinajstić information content (AvgIpc) is 2.75. The molecule has 0 saturated carbocycles. The van der Waals surface area contributed by atoms with Crippen molar-refractivity contribution in [3.63, 3.8) is 0 Å². The highest BCUT2D eigenvalue weighted by atomic mass is 35.5. The Labute approximate surface area is 134 Å². The lowest BCUT2D eigenvalue weighted by molar-refractivity contribution is 0.113. The van der Waals surface area contributed by atoms with Crippen LogP contribution in [0.2, 0.25) is 5.02 Å². The Morgan fingerprint density at radius 3 is 2.57 bits per heavy atom. The van der Waals surface area contributed by atoms with E-state index in [9.17, 15) is 0 Å². The van der Waals surface area contributed by atoms with Gasteiger partial charge in [0.05, 0.1) is 0 Å². The van der Waals surface area contributed by atoms with Crippen molar-refractivity contribution in [1.82, 2.24) is 4.90 Å². The molecule has 0 bridgehead atoms. The van der Waals surface area contributed by atoms with Gasteiger partial charge in [-0.2, -0.15) is 0 Å². The Morgan fingerprint density at radius 1 is 1.24 bits per heavy atom. The molecule has 0 aromatic heterocycles. The van der Waals surface area contributed by atoms with Gasteiger partial charge in [-0.3, -0.25) is 4.90 Å². The molecule has 2 atom stereocenters. The van der Waals surface area contributed by atoms with Gasteiger partial charge in [-0.25, -0.2) is 0 Å². The van der Waals surface area contributed by atoms with Crippen LogP contribution in [0, 0.1) is 5.92 Å². The quantitative estimate of drug-likeness (QED) is 0.887. The molecule has 0 aliphatic carbocycles. The molecule has 1 saturated heterocycles. The first-order chi connectivity index (χ1) is 10.1. The van der Waals surface area contributed by atoms with Gasteiger partial charge in [-0.05, 0) is 69.3 Å². The minimum Gasteiger partial charge on any atom is -0.329 e. The van der Waals surface area contributed by atoms with E-state index in [1.54, 1.807) is 0 Å². The van der Waals surface area contributed by atoms with Crippen molar-refractivity contribution in [2.45, 2.75) is 51.5 Å². The zero-order chi connectivity index (χ0) is 15.3. The first kappa shape index (κ1) is 16.8. The number of nitrogens with zero attached hydrogens (tertiary/aromatic N) is 1. The maximum atomic E-state index is 6.17. The summed E-state index contributed by atoms with van der Waals surface area (Å²) in [5.74, 6) is 0.896. The van der Waals surface area contributed by atoms with Gasteiger partial charge >= 0.3 is 0 Å². The first-order valence-electron chi connectivity index (χ1n) is 8.27. The molecule has 3 heteroatoms. The number of hydrogen-bond donors (Lipinski definition) is 1. The van der Waals surface area contributed by atoms with Crippen molar-refractivity contribution in [1.29, 1.82) is 0 Å². The molecule has 0 amide bonds. The molecule has 2 N–H and O–H groups in total. The molecule has 0 spiro atoms. The third-order valence-electron chi connectivity index (χ3n) is 5.13. The third kappa shape index (κ3) is 4.45. The fourth-order valence-electron chi connectivity index (χ4n) is 3.47. The van der Waals surface area contributed by atoms with E-state index < -0.39 is 0 Å². The van der Waals surface area contributed by atoms with Crippen LogP contribution >= 0.6 is 11.6 Å². The lowest BCUT2D eigenvalue weighted by atomic mass is 9.90. The summed E-state index contributed by atoms with van der Waals surface area (Å²) in [7, 11) is 0. The van der Waals surface area contributed by atoms with Crippen molar-refractivity contribution in [2.24, 2.45) is 11.7 Å². The fraction of sp³-hybridized carbons (Fsp3) is 0.667. The van der Waals surface area contributed by atoms with Gasteiger partial charge in [0.25, 0.3) is 0 Å². The van der Waals surface area contributed by atoms with E-state index >= 15 is 0 Å². The van der Waals surface area contributed by atoms with Crippen LogP contribution < -0.4 is 5.73 Å². The van der Waals surface area contributed by atoms with Gasteiger partial charge in [-0.15, -0.1) is 0 Å². The molecule has 0 radical (unpaired) electrons. The molecule has 1 aliphatic rings. The van der Waals surface area contributed by atoms with E-state index in [-0.39, 0.29) is 5.54 Å². The molecule has 21 heavy (non-hydrogen) atoms. The molecular weight excluding hydrogens is 280 g/mol. The molecule has 2 nitrogen and oxygen atoms in total. The highest BCUT2D eigenvalue weighted by Crippen LogP contribution is 2.27. The lowest BCUT2D eigenvalue weighted by Gasteiger charge is -2.40. The lowest BCUT2D eigenvalue weighted by Crippen LogP contribution is -2.53. The number of halogens is 1. The molecular formula is C18H29ClN2. The number of likely N-dealkylation sites (tertiary alicyclic amines) is 1. The second-order valence-corrected chi connectivity index (χ2v) is 7.13. The fourth-order valence-corrected chi connectivity index (χ4v) is 3.59. The SMILES string of the molecule is CCC1CCCN(C(C)(CN)Cc2ccc(Cl)cc2)CC1. The number of benzene rings is 1. The Hall–Kier alpha value is -0.570. The maximum Gasteiger partial charge on any atom is 0.0406 e. The van der Waals surface area contributed by atoms with Gasteiger partial charge in [0.2, 0.25) is 0 Å². The van der Waals surface area contributed by atoms with Crippen LogP contribution in [0.5, 0.6) is 0 Å². The third-order valence-corrected chi connectivity index (χ3v) is 5.38. The van der Waals surface area contributed by atoms with E-state index in [1.807, 2.05) is 12.1 Å². The van der Waals surface area contributed by atoms with Crippen LogP contribution in [-0.2, 0) is 6.42 Å². The standard InChI is InChI=1S/C18H29ClN2/c1-3-15-5-4-11-21(12-10-15)18(2,14-20)13-16-6-8-17(19)9-7-16/h6-9,15H,3-5,10-14,20H2,1-2H3. The van der Waals surface area contributed by atoms with E-state index in [0.29, 0.717) is 6.54 Å². The minimum absolute atomic E-state index is 0.0520. The smallest absolute Gasteiger partial charge is 0.0406 e. The molecule has 1 aliphatic heterocycles. The van der Waals surface area contributed by atoms with Gasteiger partial charge in [0, 0.05) is 17.1 Å². The Bertz CT molecular complexity index is 431. The molecule has 1 fully saturated rings. The van der Waals surface area contributed by atoms with Crippen molar-refractivity contribution in [3.8, 4) is 0 Å². The summed E-state index contributed by atoms with van der Waals surface area (Å²) >= 11 is 5.98. The van der Waals surface area contributed by atoms with Gasteiger partial charge in [-0.1, -0.05) is 37.1 Å². The van der Waals surface area contributed by atoms with Gasteiger partial charge < -0.3 is 5.73 Å². The second-order valence-electron chi connectivity index (χ2n) is 6.70. The van der Waals surface area contributed by atoms with Crippen LogP contribution in [0.3, 0.4) is 0 Å². The van der Waals surface area contributed by atoms with E-state index in [2.05, 4.69) is 30.9 Å². The maximum absolute atomic E-state index is 6.17. The second kappa shape index (κ2) is 7.62. The van der Waals surface area contributed by atoms with Gasteiger partial charge in [0.15, 0.2) is 0 Å². The molecule has 118 valence electrons. The predicted octanol–water partition coefficient (Wildman–Crippen LogP) is 4.11. The van der Waals surface area contributed by atoms with Crippen LogP contribution in [0.15, 0.2) is 24.3 Å². The van der Waals surface area contributed by atoms with Crippen LogP contribution in [0.4, 0.5) is 0 Å². The van der Waals surface area contributed by atoms with Crippen LogP contribution in [0.25, 0.3) is 0 Å². The Balaban J connectivity index is 2.07. The molecule has 2 unspecified atom stereocenters. The summed E-state index contributed by atoms with van der Waals surface area (Å²) < 4.78 is 0. The Morgan fingerprint density at radius 2 is 1.95 bits per heavy atom. The van der Waals surface area contributed by atoms with Gasteiger partial charge in [0.1, 0.15) is 0 Å². The van der Waals surface area contributed by atoms with E-state index in [1.165, 1.54) is 44.3 Å². The molecule has 1 heterocycles. The van der Waals surface area contributed by atoms with Crippen molar-refractivity contribution in [3.05, 3.63) is 34.9 Å². The van der Waals surface area contributed by atoms with E-state index in [4.69, 9.17) is 17.3 Å².